The molecule has 0 radical (unpaired) electrons. The first-order valence-electron chi connectivity index (χ1n) is 11.5. The van der Waals surface area contributed by atoms with Crippen molar-refractivity contribution in [2.75, 3.05) is 0 Å². The Bertz CT molecular complexity index is 1010. The summed E-state index contributed by atoms with van der Waals surface area (Å²) in [6, 6.07) is 29.7. The fourth-order valence-corrected chi connectivity index (χ4v) is 4.27. The minimum atomic E-state index is -0.369. The van der Waals surface area contributed by atoms with Crippen molar-refractivity contribution in [1.82, 2.24) is 10.6 Å². The van der Waals surface area contributed by atoms with Gasteiger partial charge in [0.25, 0.3) is 0 Å². The highest BCUT2D eigenvalue weighted by atomic mass is 16.2. The molecule has 0 unspecified atom stereocenters. The Morgan fingerprint density at radius 1 is 0.697 bits per heavy atom. The summed E-state index contributed by atoms with van der Waals surface area (Å²) in [6.07, 6.45) is 0.248. The van der Waals surface area contributed by atoms with Gasteiger partial charge >= 0.3 is 0 Å². The molecule has 33 heavy (non-hydrogen) atoms. The maximum Gasteiger partial charge on any atom is 0.224 e. The van der Waals surface area contributed by atoms with Gasteiger partial charge in [0.15, 0.2) is 0 Å². The lowest BCUT2D eigenvalue weighted by molar-refractivity contribution is -0.130. The van der Waals surface area contributed by atoms with Crippen LogP contribution >= 0.6 is 0 Å². The van der Waals surface area contributed by atoms with Gasteiger partial charge < -0.3 is 10.6 Å². The molecule has 3 aromatic carbocycles. The van der Waals surface area contributed by atoms with Gasteiger partial charge in [0.1, 0.15) is 0 Å². The van der Waals surface area contributed by atoms with Crippen LogP contribution in [0.15, 0.2) is 91.0 Å². The molecular weight excluding hydrogens is 408 g/mol. The van der Waals surface area contributed by atoms with Crippen molar-refractivity contribution < 1.29 is 9.59 Å². The second-order valence-corrected chi connectivity index (χ2v) is 9.53. The van der Waals surface area contributed by atoms with E-state index in [9.17, 15) is 9.59 Å². The summed E-state index contributed by atoms with van der Waals surface area (Å²) in [4.78, 5) is 26.5. The average Bonchev–Trinajstić information content (AvgIpc) is 2.82. The maximum absolute atomic E-state index is 13.5. The molecule has 172 valence electrons. The van der Waals surface area contributed by atoms with Crippen LogP contribution in [0.25, 0.3) is 0 Å². The van der Waals surface area contributed by atoms with Crippen LogP contribution in [-0.4, -0.2) is 11.8 Å². The molecule has 0 saturated carbocycles. The molecule has 3 rings (SSSR count). The number of amides is 2. The van der Waals surface area contributed by atoms with Crippen LogP contribution in [0.1, 0.15) is 49.8 Å². The average molecular weight is 443 g/mol. The van der Waals surface area contributed by atoms with Crippen molar-refractivity contribution in [2.45, 2.75) is 46.2 Å². The first-order valence-corrected chi connectivity index (χ1v) is 11.5. The van der Waals surface area contributed by atoms with E-state index in [1.54, 1.807) is 0 Å². The van der Waals surface area contributed by atoms with E-state index in [2.05, 4.69) is 31.4 Å². The SMILES string of the molecule is CC(C)(C)[C@@H](C(=O)NCc1ccccc1)[C@H](CC(=O)NCc1ccccc1)c1ccccc1. The van der Waals surface area contributed by atoms with Crippen LogP contribution in [0.2, 0.25) is 0 Å². The fraction of sp³-hybridized carbons (Fsp3) is 0.310. The van der Waals surface area contributed by atoms with Crippen LogP contribution in [0.5, 0.6) is 0 Å². The monoisotopic (exact) mass is 442 g/mol. The summed E-state index contributed by atoms with van der Waals surface area (Å²) in [7, 11) is 0. The zero-order valence-corrected chi connectivity index (χ0v) is 19.8. The van der Waals surface area contributed by atoms with E-state index in [-0.39, 0.29) is 35.5 Å². The lowest BCUT2D eigenvalue weighted by Gasteiger charge is -2.36. The Morgan fingerprint density at radius 3 is 1.64 bits per heavy atom. The molecular formula is C29H34N2O2. The van der Waals surface area contributed by atoms with E-state index in [1.807, 2.05) is 91.0 Å². The topological polar surface area (TPSA) is 58.2 Å². The summed E-state index contributed by atoms with van der Waals surface area (Å²) in [5.74, 6) is -0.697. The van der Waals surface area contributed by atoms with Gasteiger partial charge in [0, 0.05) is 25.4 Å². The van der Waals surface area contributed by atoms with Gasteiger partial charge in [-0.3, -0.25) is 9.59 Å². The van der Waals surface area contributed by atoms with Crippen LogP contribution in [0.4, 0.5) is 0 Å². The van der Waals surface area contributed by atoms with Gasteiger partial charge in [-0.2, -0.15) is 0 Å². The molecule has 2 amide bonds. The zero-order chi connectivity index (χ0) is 23.7. The summed E-state index contributed by atoms with van der Waals surface area (Å²) >= 11 is 0. The molecule has 0 aliphatic carbocycles. The first kappa shape index (κ1) is 24.2. The molecule has 2 N–H and O–H groups in total. The molecule has 0 aromatic heterocycles. The largest absolute Gasteiger partial charge is 0.352 e. The molecule has 0 heterocycles. The number of hydrogen-bond acceptors (Lipinski definition) is 2. The first-order chi connectivity index (χ1) is 15.8. The minimum absolute atomic E-state index is 0.0314. The second-order valence-electron chi connectivity index (χ2n) is 9.53. The number of hydrogen-bond donors (Lipinski definition) is 2. The van der Waals surface area contributed by atoms with E-state index in [0.717, 1.165) is 16.7 Å². The molecule has 0 aliphatic heterocycles. The highest BCUT2D eigenvalue weighted by Gasteiger charge is 2.39. The van der Waals surface area contributed by atoms with E-state index >= 15 is 0 Å². The zero-order valence-electron chi connectivity index (χ0n) is 19.8. The van der Waals surface area contributed by atoms with Gasteiger partial charge in [0.05, 0.1) is 5.92 Å². The van der Waals surface area contributed by atoms with Gasteiger partial charge in [-0.05, 0) is 22.1 Å². The summed E-state index contributed by atoms with van der Waals surface area (Å²) in [5, 5.41) is 6.15. The van der Waals surface area contributed by atoms with Crippen molar-refractivity contribution in [3.63, 3.8) is 0 Å². The van der Waals surface area contributed by atoms with Crippen molar-refractivity contribution in [2.24, 2.45) is 11.3 Å². The summed E-state index contributed by atoms with van der Waals surface area (Å²) in [6.45, 7) is 7.14. The molecule has 4 nitrogen and oxygen atoms in total. The summed E-state index contributed by atoms with van der Waals surface area (Å²) < 4.78 is 0. The van der Waals surface area contributed by atoms with E-state index in [4.69, 9.17) is 0 Å². The smallest absolute Gasteiger partial charge is 0.224 e. The lowest BCUT2D eigenvalue weighted by Crippen LogP contribution is -2.42. The molecule has 4 heteroatoms. The molecule has 0 saturated heterocycles. The minimum Gasteiger partial charge on any atom is -0.352 e. The molecule has 2 atom stereocenters. The van der Waals surface area contributed by atoms with E-state index in [0.29, 0.717) is 13.1 Å². The van der Waals surface area contributed by atoms with E-state index in [1.165, 1.54) is 0 Å². The third-order valence-electron chi connectivity index (χ3n) is 5.89. The number of carbonyl (C=O) groups is 2. The summed E-state index contributed by atoms with van der Waals surface area (Å²) in [5.41, 5.74) is 2.77. The van der Waals surface area contributed by atoms with Crippen LogP contribution in [0.3, 0.4) is 0 Å². The van der Waals surface area contributed by atoms with Crippen molar-refractivity contribution >= 4 is 11.8 Å². The van der Waals surface area contributed by atoms with Gasteiger partial charge in [-0.1, -0.05) is 112 Å². The van der Waals surface area contributed by atoms with Crippen molar-refractivity contribution in [1.29, 1.82) is 0 Å². The van der Waals surface area contributed by atoms with Crippen LogP contribution in [0, 0.1) is 11.3 Å². The Hall–Kier alpha value is -3.40. The third kappa shape index (κ3) is 7.31. The predicted octanol–water partition coefficient (Wildman–Crippen LogP) is 5.46. The fourth-order valence-electron chi connectivity index (χ4n) is 4.27. The van der Waals surface area contributed by atoms with Crippen molar-refractivity contribution in [3.8, 4) is 0 Å². The number of nitrogens with one attached hydrogen (secondary N) is 2. The normalized spacial score (nSPS) is 13.1. The number of benzene rings is 3. The molecule has 0 fully saturated rings. The van der Waals surface area contributed by atoms with Gasteiger partial charge in [0.2, 0.25) is 11.8 Å². The Kier molecular flexibility index (Phi) is 8.42. The Morgan fingerprint density at radius 2 is 1.15 bits per heavy atom. The highest BCUT2D eigenvalue weighted by Crippen LogP contribution is 2.40. The lowest BCUT2D eigenvalue weighted by atomic mass is 9.69. The van der Waals surface area contributed by atoms with Gasteiger partial charge in [-0.15, -0.1) is 0 Å². The third-order valence-corrected chi connectivity index (χ3v) is 5.89. The number of carbonyl (C=O) groups excluding carboxylic acids is 2. The van der Waals surface area contributed by atoms with Crippen molar-refractivity contribution in [3.05, 3.63) is 108 Å². The Balaban J connectivity index is 1.79. The standard InChI is InChI=1S/C29H34N2O2/c1-29(2,3)27(28(33)31-21-23-15-9-5-10-16-23)25(24-17-11-6-12-18-24)19-26(32)30-20-22-13-7-4-8-14-22/h4-18,25,27H,19-21H2,1-3H3,(H,30,32)(H,31,33)/t25-,27-/m1/s1. The highest BCUT2D eigenvalue weighted by molar-refractivity contribution is 5.83. The predicted molar refractivity (Wildman–Crippen MR) is 133 cm³/mol. The Labute approximate surface area is 197 Å². The van der Waals surface area contributed by atoms with E-state index < -0.39 is 0 Å². The molecule has 3 aromatic rings. The van der Waals surface area contributed by atoms with Crippen LogP contribution < -0.4 is 10.6 Å². The van der Waals surface area contributed by atoms with Gasteiger partial charge in [-0.25, -0.2) is 0 Å². The van der Waals surface area contributed by atoms with Crippen LogP contribution in [-0.2, 0) is 22.7 Å². The second kappa shape index (κ2) is 11.5. The molecule has 0 aliphatic rings. The molecule has 0 spiro atoms. The molecule has 0 bridgehead atoms. The maximum atomic E-state index is 13.5. The number of rotatable bonds is 9. The quantitative estimate of drug-likeness (QED) is 0.463.